The number of aromatic nitrogens is 4. The van der Waals surface area contributed by atoms with Crippen LogP contribution >= 0.6 is 0 Å². The molecule has 0 amide bonds. The Morgan fingerprint density at radius 2 is 1.84 bits per heavy atom. The highest BCUT2D eigenvalue weighted by molar-refractivity contribution is 5.68. The van der Waals surface area contributed by atoms with E-state index in [2.05, 4.69) is 15.2 Å². The van der Waals surface area contributed by atoms with Crippen molar-refractivity contribution in [3.8, 4) is 34.1 Å². The van der Waals surface area contributed by atoms with Crippen molar-refractivity contribution in [2.45, 2.75) is 0 Å². The van der Waals surface area contributed by atoms with E-state index in [1.165, 1.54) is 0 Å². The van der Waals surface area contributed by atoms with Crippen LogP contribution in [0.2, 0.25) is 0 Å². The van der Waals surface area contributed by atoms with E-state index in [0.29, 0.717) is 11.4 Å². The summed E-state index contributed by atoms with van der Waals surface area (Å²) in [6.07, 6.45) is 1.71. The number of hydrogen-bond donors (Lipinski definition) is 0. The average Bonchev–Trinajstić information content (AvgIpc) is 3.26. The Morgan fingerprint density at radius 3 is 2.64 bits per heavy atom. The third-order valence-corrected chi connectivity index (χ3v) is 3.82. The maximum atomic E-state index is 13.9. The topological polar surface area (TPSA) is 56.7 Å². The van der Waals surface area contributed by atoms with Crippen molar-refractivity contribution in [2.75, 3.05) is 0 Å². The number of aryl methyl sites for hydroxylation is 1. The Labute approximate surface area is 141 Å². The summed E-state index contributed by atoms with van der Waals surface area (Å²) in [7, 11) is 1.85. The second-order valence-electron chi connectivity index (χ2n) is 5.47. The van der Waals surface area contributed by atoms with Gasteiger partial charge in [-0.15, -0.1) is 0 Å². The Balaban J connectivity index is 1.74. The highest BCUT2D eigenvalue weighted by Gasteiger charge is 2.16. The monoisotopic (exact) mass is 338 g/mol. The van der Waals surface area contributed by atoms with Gasteiger partial charge in [0.05, 0.1) is 11.3 Å². The van der Waals surface area contributed by atoms with Gasteiger partial charge in [0.1, 0.15) is 11.6 Å². The maximum Gasteiger partial charge on any atom is 0.261 e. The van der Waals surface area contributed by atoms with Crippen LogP contribution in [0.25, 0.3) is 34.1 Å². The van der Waals surface area contributed by atoms with Gasteiger partial charge in [-0.3, -0.25) is 4.68 Å². The van der Waals surface area contributed by atoms with E-state index in [9.17, 15) is 8.78 Å². The lowest BCUT2D eigenvalue weighted by molar-refractivity contribution is 0.429. The van der Waals surface area contributed by atoms with E-state index in [-0.39, 0.29) is 11.5 Å². The van der Waals surface area contributed by atoms with Crippen molar-refractivity contribution >= 4 is 0 Å². The molecule has 0 aliphatic heterocycles. The van der Waals surface area contributed by atoms with E-state index in [0.717, 1.165) is 29.5 Å². The van der Waals surface area contributed by atoms with Crippen LogP contribution in [0.5, 0.6) is 0 Å². The second kappa shape index (κ2) is 5.94. The summed E-state index contributed by atoms with van der Waals surface area (Å²) < 4.78 is 34.1. The van der Waals surface area contributed by atoms with E-state index in [1.807, 2.05) is 37.4 Å². The minimum atomic E-state index is -0.625. The van der Waals surface area contributed by atoms with Crippen molar-refractivity contribution in [2.24, 2.45) is 7.05 Å². The van der Waals surface area contributed by atoms with Gasteiger partial charge in [-0.05, 0) is 30.3 Å². The molecule has 4 rings (SSSR count). The van der Waals surface area contributed by atoms with Crippen LogP contribution < -0.4 is 0 Å². The van der Waals surface area contributed by atoms with Crippen LogP contribution in [0, 0.1) is 11.6 Å². The molecule has 0 bridgehead atoms. The van der Waals surface area contributed by atoms with Crippen molar-refractivity contribution in [3.05, 3.63) is 66.4 Å². The Hall–Kier alpha value is -3.35. The third-order valence-electron chi connectivity index (χ3n) is 3.82. The second-order valence-corrected chi connectivity index (χ2v) is 5.47. The van der Waals surface area contributed by atoms with Crippen LogP contribution in [-0.2, 0) is 7.05 Å². The van der Waals surface area contributed by atoms with E-state index in [4.69, 9.17) is 4.52 Å². The van der Waals surface area contributed by atoms with Gasteiger partial charge in [-0.1, -0.05) is 23.4 Å². The van der Waals surface area contributed by atoms with Crippen LogP contribution in [0.3, 0.4) is 0 Å². The molecule has 25 heavy (non-hydrogen) atoms. The van der Waals surface area contributed by atoms with Gasteiger partial charge in [0, 0.05) is 24.4 Å². The molecule has 2 aromatic carbocycles. The molecule has 0 aliphatic carbocycles. The molecule has 0 radical (unpaired) electrons. The fraction of sp³-hybridized carbons (Fsp3) is 0.0556. The maximum absolute atomic E-state index is 13.9. The lowest BCUT2D eigenvalue weighted by Gasteiger charge is -2.03. The van der Waals surface area contributed by atoms with Crippen molar-refractivity contribution in [3.63, 3.8) is 0 Å². The lowest BCUT2D eigenvalue weighted by Crippen LogP contribution is -1.93. The first kappa shape index (κ1) is 15.2. The molecule has 0 aliphatic rings. The molecule has 0 spiro atoms. The molecular weight excluding hydrogens is 326 g/mol. The molecule has 0 saturated heterocycles. The zero-order valence-corrected chi connectivity index (χ0v) is 13.1. The van der Waals surface area contributed by atoms with Gasteiger partial charge in [-0.25, -0.2) is 8.78 Å². The number of rotatable bonds is 3. The van der Waals surface area contributed by atoms with Gasteiger partial charge in [-0.2, -0.15) is 10.1 Å². The molecule has 2 heterocycles. The summed E-state index contributed by atoms with van der Waals surface area (Å²) in [6.45, 7) is 0. The van der Waals surface area contributed by atoms with Crippen molar-refractivity contribution < 1.29 is 13.3 Å². The largest absolute Gasteiger partial charge is 0.334 e. The van der Waals surface area contributed by atoms with Gasteiger partial charge in [0.2, 0.25) is 5.82 Å². The summed E-state index contributed by atoms with van der Waals surface area (Å²) in [6, 6.07) is 12.5. The van der Waals surface area contributed by atoms with E-state index in [1.54, 1.807) is 10.9 Å². The normalized spacial score (nSPS) is 11.0. The summed E-state index contributed by atoms with van der Waals surface area (Å²) in [4.78, 5) is 4.19. The smallest absolute Gasteiger partial charge is 0.261 e. The molecule has 124 valence electrons. The summed E-state index contributed by atoms with van der Waals surface area (Å²) in [5, 5.41) is 8.03. The Morgan fingerprint density at radius 1 is 1.00 bits per heavy atom. The standard InChI is InChI=1S/C18H12F2N4O/c1-24-16(7-8-21-24)11-3-2-4-12(9-11)17-22-18(25-23-17)14-10-13(19)5-6-15(14)20/h2-10H,1H3. The molecule has 0 unspecified atom stereocenters. The number of nitrogens with zero attached hydrogens (tertiary/aromatic N) is 4. The first-order valence-corrected chi connectivity index (χ1v) is 7.50. The molecule has 0 N–H and O–H groups in total. The Kier molecular flexibility index (Phi) is 3.61. The van der Waals surface area contributed by atoms with Crippen LogP contribution in [-0.4, -0.2) is 19.9 Å². The summed E-state index contributed by atoms with van der Waals surface area (Å²) in [5.41, 5.74) is 2.49. The lowest BCUT2D eigenvalue weighted by atomic mass is 10.1. The molecule has 4 aromatic rings. The molecule has 0 fully saturated rings. The third kappa shape index (κ3) is 2.80. The van der Waals surface area contributed by atoms with Gasteiger partial charge >= 0.3 is 0 Å². The van der Waals surface area contributed by atoms with Crippen LogP contribution in [0.15, 0.2) is 59.3 Å². The first-order valence-electron chi connectivity index (χ1n) is 7.50. The predicted molar refractivity (Wildman–Crippen MR) is 87.3 cm³/mol. The quantitative estimate of drug-likeness (QED) is 0.565. The molecular formula is C18H12F2N4O. The highest BCUT2D eigenvalue weighted by atomic mass is 19.1. The zero-order valence-electron chi connectivity index (χ0n) is 13.1. The SMILES string of the molecule is Cn1nccc1-c1cccc(-c2noc(-c3cc(F)ccc3F)n2)c1. The molecule has 5 nitrogen and oxygen atoms in total. The fourth-order valence-corrected chi connectivity index (χ4v) is 2.59. The first-order chi connectivity index (χ1) is 12.1. The predicted octanol–water partition coefficient (Wildman–Crippen LogP) is 4.08. The van der Waals surface area contributed by atoms with Gasteiger partial charge in [0.25, 0.3) is 5.89 Å². The molecule has 2 aromatic heterocycles. The number of hydrogen-bond acceptors (Lipinski definition) is 4. The molecule has 7 heteroatoms. The van der Waals surface area contributed by atoms with Crippen LogP contribution in [0.1, 0.15) is 0 Å². The minimum Gasteiger partial charge on any atom is -0.334 e. The average molecular weight is 338 g/mol. The number of halogens is 2. The Bertz CT molecular complexity index is 1050. The summed E-state index contributed by atoms with van der Waals surface area (Å²) >= 11 is 0. The number of benzene rings is 2. The highest BCUT2D eigenvalue weighted by Crippen LogP contribution is 2.27. The minimum absolute atomic E-state index is 0.0680. The zero-order chi connectivity index (χ0) is 17.4. The fourth-order valence-electron chi connectivity index (χ4n) is 2.59. The van der Waals surface area contributed by atoms with E-state index < -0.39 is 11.6 Å². The molecule has 0 saturated carbocycles. The molecule has 0 atom stereocenters. The van der Waals surface area contributed by atoms with Gasteiger partial charge < -0.3 is 4.52 Å². The van der Waals surface area contributed by atoms with Crippen LogP contribution in [0.4, 0.5) is 8.78 Å². The van der Waals surface area contributed by atoms with Gasteiger partial charge in [0.15, 0.2) is 0 Å². The van der Waals surface area contributed by atoms with Crippen molar-refractivity contribution in [1.29, 1.82) is 0 Å². The van der Waals surface area contributed by atoms with E-state index >= 15 is 0 Å². The summed E-state index contributed by atoms with van der Waals surface area (Å²) in [5.74, 6) is -0.977. The van der Waals surface area contributed by atoms with Crippen molar-refractivity contribution in [1.82, 2.24) is 19.9 Å².